The second-order valence-electron chi connectivity index (χ2n) is 0.927. The van der Waals surface area contributed by atoms with E-state index in [4.69, 9.17) is 9.90 Å². The van der Waals surface area contributed by atoms with Gasteiger partial charge in [0.1, 0.15) is 0 Å². The fourth-order valence-corrected chi connectivity index (χ4v) is 0. The van der Waals surface area contributed by atoms with E-state index in [0.717, 1.165) is 6.92 Å². The first-order valence-corrected chi connectivity index (χ1v) is 3.63. The number of hydrogen-bond acceptors (Lipinski definition) is 1. The molecule has 0 heterocycles. The summed E-state index contributed by atoms with van der Waals surface area (Å²) in [6.45, 7) is 3.14. The molecule has 0 aromatic heterocycles. The third kappa shape index (κ3) is 69800. The first kappa shape index (κ1) is 10.1. The second-order valence-corrected chi connectivity index (χ2v) is 2.64. The summed E-state index contributed by atoms with van der Waals surface area (Å²) in [4.78, 5) is 9.00. The molecule has 0 saturated heterocycles. The van der Waals surface area contributed by atoms with Gasteiger partial charge in [0.15, 0.2) is 0 Å². The van der Waals surface area contributed by atoms with Crippen LogP contribution in [0.15, 0.2) is 0 Å². The van der Waals surface area contributed by atoms with E-state index in [1.165, 1.54) is 17.9 Å². The molecule has 0 radical (unpaired) electrons. The van der Waals surface area contributed by atoms with Crippen molar-refractivity contribution >= 4 is 10.6 Å². The molecule has 0 amide bonds. The van der Waals surface area contributed by atoms with Gasteiger partial charge in [-0.2, -0.15) is 0 Å². The zero-order chi connectivity index (χ0) is 6.28. The Morgan fingerprint density at radius 1 is 1.86 bits per heavy atom. The number of carboxylic acid groups (broad SMARTS) is 1. The van der Waals surface area contributed by atoms with E-state index in [-0.39, 0.29) is 0 Å². The molecule has 0 bridgehead atoms. The number of aliphatic carboxylic acids is 1. The fraction of sp³-hybridized carbons (Fsp3) is 0.500. The Morgan fingerprint density at radius 2 is 1.86 bits per heavy atom. The molecule has 0 aliphatic carbocycles. The maximum atomic E-state index is 9.00. The average molecular weight is 153 g/mol. The van der Waals surface area contributed by atoms with Gasteiger partial charge >= 0.3 is 29.4 Å². The molecule has 7 heavy (non-hydrogen) atoms. The minimum absolute atomic E-state index is 0.833. The Balaban J connectivity index is 0. The average Bonchev–Trinajstić information content (AvgIpc) is 1.33. The molecule has 0 spiro atoms. The van der Waals surface area contributed by atoms with Gasteiger partial charge < -0.3 is 5.11 Å². The number of hydrogen-bond donors (Lipinski definition) is 1. The van der Waals surface area contributed by atoms with Gasteiger partial charge in [-0.3, -0.25) is 4.79 Å². The molecule has 0 saturated carbocycles. The summed E-state index contributed by atoms with van der Waals surface area (Å²) in [6.07, 6.45) is 0. The molecule has 0 aromatic rings. The summed E-state index contributed by atoms with van der Waals surface area (Å²) in [7, 11) is 0. The first-order valence-electron chi connectivity index (χ1n) is 1.91. The molecule has 2 nitrogen and oxygen atoms in total. The Morgan fingerprint density at radius 3 is 1.86 bits per heavy atom. The van der Waals surface area contributed by atoms with E-state index in [9.17, 15) is 0 Å². The van der Waals surface area contributed by atoms with Gasteiger partial charge in [0.2, 0.25) is 0 Å². The van der Waals surface area contributed by atoms with Gasteiger partial charge in [0.25, 0.3) is 5.97 Å². The summed E-state index contributed by atoms with van der Waals surface area (Å²) in [5.41, 5.74) is 0. The Labute approximate surface area is 52.7 Å². The van der Waals surface area contributed by atoms with E-state index in [1.807, 2.05) is 0 Å². The van der Waals surface area contributed by atoms with Crippen LogP contribution in [-0.2, 0) is 22.6 Å². The van der Waals surface area contributed by atoms with Crippen LogP contribution >= 0.6 is 0 Å². The van der Waals surface area contributed by atoms with Crippen LogP contribution in [0.3, 0.4) is 0 Å². The van der Waals surface area contributed by atoms with Crippen molar-refractivity contribution in [1.29, 1.82) is 0 Å². The van der Waals surface area contributed by atoms with Crippen LogP contribution in [0.1, 0.15) is 13.8 Å². The molecule has 0 aliphatic rings. The maximum absolute atomic E-state index is 9.00. The van der Waals surface area contributed by atoms with Crippen LogP contribution in [0.5, 0.6) is 0 Å². The second kappa shape index (κ2) is 9.35. The SMILES string of the molecule is CC(=O)O.C[CH]=[Zn]. The number of carboxylic acids is 1. The quantitative estimate of drug-likeness (QED) is 0.513. The summed E-state index contributed by atoms with van der Waals surface area (Å²) >= 11 is 1.32. The van der Waals surface area contributed by atoms with Crippen molar-refractivity contribution in [2.75, 3.05) is 0 Å². The van der Waals surface area contributed by atoms with Gasteiger partial charge in [0, 0.05) is 6.92 Å². The standard InChI is InChI=1S/C2H4O2.C2H4.Zn/c1-2(3)4;1-2;/h1H3,(H,3,4);1H,2H3;. The van der Waals surface area contributed by atoms with E-state index in [0.29, 0.717) is 0 Å². The number of carbonyl (C=O) groups is 1. The molecule has 0 atom stereocenters. The van der Waals surface area contributed by atoms with Gasteiger partial charge in [-0.05, 0) is 0 Å². The molecule has 38 valence electrons. The monoisotopic (exact) mass is 152 g/mol. The Hall–Kier alpha value is -0.0366. The third-order valence-electron chi connectivity index (χ3n) is 0. The topological polar surface area (TPSA) is 37.3 Å². The molecule has 0 aliphatic heterocycles. The van der Waals surface area contributed by atoms with Crippen molar-refractivity contribution in [2.24, 2.45) is 0 Å². The van der Waals surface area contributed by atoms with Gasteiger partial charge in [-0.15, -0.1) is 0 Å². The zero-order valence-corrected chi connectivity index (χ0v) is 7.61. The van der Waals surface area contributed by atoms with Crippen LogP contribution in [0.2, 0.25) is 0 Å². The molecular formula is C4H8O2Zn. The summed E-state index contributed by atoms with van der Waals surface area (Å²) in [6, 6.07) is 0. The van der Waals surface area contributed by atoms with E-state index in [2.05, 4.69) is 11.5 Å². The van der Waals surface area contributed by atoms with Crippen LogP contribution in [0, 0.1) is 0 Å². The Kier molecular flexibility index (Phi) is 13.4. The van der Waals surface area contributed by atoms with Crippen molar-refractivity contribution in [2.45, 2.75) is 13.8 Å². The normalized spacial score (nSPS) is 5.71. The van der Waals surface area contributed by atoms with Crippen molar-refractivity contribution in [3.63, 3.8) is 0 Å². The molecule has 1 N–H and O–H groups in total. The van der Waals surface area contributed by atoms with Crippen LogP contribution in [0.25, 0.3) is 0 Å². The molecule has 0 aromatic carbocycles. The van der Waals surface area contributed by atoms with Crippen molar-refractivity contribution in [3.05, 3.63) is 0 Å². The summed E-state index contributed by atoms with van der Waals surface area (Å²) < 4.78 is 2.12. The van der Waals surface area contributed by atoms with Crippen LogP contribution < -0.4 is 0 Å². The Bertz CT molecular complexity index is 56.7. The van der Waals surface area contributed by atoms with Crippen LogP contribution in [-0.4, -0.2) is 15.7 Å². The molecule has 0 unspecified atom stereocenters. The zero-order valence-electron chi connectivity index (χ0n) is 4.64. The van der Waals surface area contributed by atoms with Gasteiger partial charge in [-0.25, -0.2) is 0 Å². The summed E-state index contributed by atoms with van der Waals surface area (Å²) in [5.74, 6) is -0.833. The third-order valence-corrected chi connectivity index (χ3v) is 0. The van der Waals surface area contributed by atoms with Crippen LogP contribution in [0.4, 0.5) is 0 Å². The minimum atomic E-state index is -0.833. The first-order chi connectivity index (χ1) is 3.15. The predicted octanol–water partition coefficient (Wildman–Crippen LogP) is 0.446. The molecule has 3 heteroatoms. The van der Waals surface area contributed by atoms with Gasteiger partial charge in [0.05, 0.1) is 0 Å². The van der Waals surface area contributed by atoms with Crippen molar-refractivity contribution in [1.82, 2.24) is 0 Å². The number of rotatable bonds is 0. The van der Waals surface area contributed by atoms with E-state index in [1.54, 1.807) is 0 Å². The molecule has 0 fully saturated rings. The summed E-state index contributed by atoms with van der Waals surface area (Å²) in [5, 5.41) is 7.42. The van der Waals surface area contributed by atoms with Crippen molar-refractivity contribution in [3.8, 4) is 0 Å². The predicted molar refractivity (Wildman–Crippen MR) is 25.0 cm³/mol. The molecule has 0 rings (SSSR count). The van der Waals surface area contributed by atoms with E-state index >= 15 is 0 Å². The van der Waals surface area contributed by atoms with Gasteiger partial charge in [-0.1, -0.05) is 0 Å². The van der Waals surface area contributed by atoms with E-state index < -0.39 is 5.97 Å². The molecular weight excluding hydrogens is 145 g/mol. The van der Waals surface area contributed by atoms with Crippen molar-refractivity contribution < 1.29 is 27.8 Å². The fourth-order valence-electron chi connectivity index (χ4n) is 0.